The molecule has 0 radical (unpaired) electrons. The van der Waals surface area contributed by atoms with Crippen molar-refractivity contribution in [1.29, 1.82) is 0 Å². The van der Waals surface area contributed by atoms with Gasteiger partial charge in [0.1, 0.15) is 0 Å². The second-order valence-corrected chi connectivity index (χ2v) is 7.94. The Labute approximate surface area is 159 Å². The SMILES string of the molecule is O=C(c1ccc(Cl)cc1)N1CCC(O)(c2ccccc2)[C@@H]2CCCC[C@H]21. The van der Waals surface area contributed by atoms with Gasteiger partial charge in [0.25, 0.3) is 5.91 Å². The molecule has 4 heteroatoms. The Balaban J connectivity index is 1.64. The maximum Gasteiger partial charge on any atom is 0.254 e. The van der Waals surface area contributed by atoms with Gasteiger partial charge in [-0.25, -0.2) is 0 Å². The molecule has 0 spiro atoms. The van der Waals surface area contributed by atoms with E-state index in [1.54, 1.807) is 24.3 Å². The topological polar surface area (TPSA) is 40.5 Å². The van der Waals surface area contributed by atoms with Gasteiger partial charge >= 0.3 is 0 Å². The van der Waals surface area contributed by atoms with Crippen molar-refractivity contribution in [1.82, 2.24) is 4.90 Å². The molecular formula is C22H24ClNO2. The van der Waals surface area contributed by atoms with Crippen molar-refractivity contribution in [2.45, 2.75) is 43.7 Å². The van der Waals surface area contributed by atoms with E-state index in [0.29, 0.717) is 23.6 Å². The average Bonchev–Trinajstić information content (AvgIpc) is 2.69. The Morgan fingerprint density at radius 1 is 1.04 bits per heavy atom. The summed E-state index contributed by atoms with van der Waals surface area (Å²) in [4.78, 5) is 15.1. The molecule has 1 saturated heterocycles. The number of likely N-dealkylation sites (tertiary alicyclic amines) is 1. The summed E-state index contributed by atoms with van der Waals surface area (Å²) in [5, 5.41) is 12.2. The van der Waals surface area contributed by atoms with E-state index in [4.69, 9.17) is 11.6 Å². The Morgan fingerprint density at radius 3 is 2.46 bits per heavy atom. The van der Waals surface area contributed by atoms with E-state index in [2.05, 4.69) is 0 Å². The van der Waals surface area contributed by atoms with Crippen LogP contribution in [-0.4, -0.2) is 28.5 Å². The standard InChI is InChI=1S/C22H24ClNO2/c23-18-12-10-16(11-13-18)21(25)24-15-14-22(26,17-6-2-1-3-7-17)19-8-4-5-9-20(19)24/h1-3,6-7,10-13,19-20,26H,4-5,8-9,14-15H2/t19-,20-,22?/m1/s1. The molecule has 0 aromatic heterocycles. The number of piperidine rings is 1. The van der Waals surface area contributed by atoms with Crippen molar-refractivity contribution in [2.75, 3.05) is 6.54 Å². The van der Waals surface area contributed by atoms with Crippen molar-refractivity contribution in [3.8, 4) is 0 Å². The van der Waals surface area contributed by atoms with Crippen molar-refractivity contribution < 1.29 is 9.90 Å². The third-order valence-electron chi connectivity index (χ3n) is 6.10. The van der Waals surface area contributed by atoms with Gasteiger partial charge in [0.2, 0.25) is 0 Å². The number of halogens is 1. The molecule has 136 valence electrons. The lowest BCUT2D eigenvalue weighted by Gasteiger charge is -2.52. The Bertz CT molecular complexity index is 776. The molecule has 1 heterocycles. The zero-order chi connectivity index (χ0) is 18.1. The van der Waals surface area contributed by atoms with Crippen LogP contribution in [0, 0.1) is 5.92 Å². The van der Waals surface area contributed by atoms with Gasteiger partial charge in [-0.1, -0.05) is 54.8 Å². The van der Waals surface area contributed by atoms with Gasteiger partial charge in [-0.15, -0.1) is 0 Å². The maximum atomic E-state index is 13.1. The van der Waals surface area contributed by atoms with Crippen LogP contribution in [0.25, 0.3) is 0 Å². The highest BCUT2D eigenvalue weighted by molar-refractivity contribution is 6.30. The minimum Gasteiger partial charge on any atom is -0.385 e. The fourth-order valence-electron chi connectivity index (χ4n) is 4.78. The largest absolute Gasteiger partial charge is 0.385 e. The third-order valence-corrected chi connectivity index (χ3v) is 6.35. The van der Waals surface area contributed by atoms with E-state index in [1.807, 2.05) is 35.2 Å². The van der Waals surface area contributed by atoms with E-state index >= 15 is 0 Å². The summed E-state index contributed by atoms with van der Waals surface area (Å²) < 4.78 is 0. The van der Waals surface area contributed by atoms with Gasteiger partial charge in [0.15, 0.2) is 0 Å². The van der Waals surface area contributed by atoms with Gasteiger partial charge in [-0.3, -0.25) is 4.79 Å². The van der Waals surface area contributed by atoms with E-state index in [-0.39, 0.29) is 17.9 Å². The normalized spacial score (nSPS) is 28.5. The fraction of sp³-hybridized carbons (Fsp3) is 0.409. The van der Waals surface area contributed by atoms with E-state index in [1.165, 1.54) is 0 Å². The number of hydrogen-bond acceptors (Lipinski definition) is 2. The fourth-order valence-corrected chi connectivity index (χ4v) is 4.91. The molecule has 1 N–H and O–H groups in total. The van der Waals surface area contributed by atoms with Crippen LogP contribution in [0.15, 0.2) is 54.6 Å². The number of aliphatic hydroxyl groups is 1. The lowest BCUT2D eigenvalue weighted by atomic mass is 9.66. The van der Waals surface area contributed by atoms with Crippen molar-refractivity contribution in [2.24, 2.45) is 5.92 Å². The summed E-state index contributed by atoms with van der Waals surface area (Å²) in [7, 11) is 0. The Hall–Kier alpha value is -1.84. The molecule has 4 rings (SSSR count). The monoisotopic (exact) mass is 369 g/mol. The Morgan fingerprint density at radius 2 is 1.73 bits per heavy atom. The quantitative estimate of drug-likeness (QED) is 0.838. The second kappa shape index (κ2) is 7.05. The van der Waals surface area contributed by atoms with Gasteiger partial charge in [0.05, 0.1) is 5.60 Å². The highest BCUT2D eigenvalue weighted by Gasteiger charge is 2.50. The van der Waals surface area contributed by atoms with E-state index in [9.17, 15) is 9.90 Å². The van der Waals surface area contributed by atoms with Gasteiger partial charge in [-0.05, 0) is 49.1 Å². The third kappa shape index (κ3) is 3.04. The summed E-state index contributed by atoms with van der Waals surface area (Å²) in [5.74, 6) is 0.136. The molecule has 1 amide bonds. The summed E-state index contributed by atoms with van der Waals surface area (Å²) in [6.07, 6.45) is 4.72. The van der Waals surface area contributed by atoms with Crippen LogP contribution in [-0.2, 0) is 5.60 Å². The predicted octanol–water partition coefficient (Wildman–Crippen LogP) is 4.63. The van der Waals surface area contributed by atoms with Crippen LogP contribution >= 0.6 is 11.6 Å². The highest BCUT2D eigenvalue weighted by Crippen LogP contribution is 2.47. The highest BCUT2D eigenvalue weighted by atomic mass is 35.5. The first kappa shape index (κ1) is 17.6. The van der Waals surface area contributed by atoms with Crippen LogP contribution in [0.5, 0.6) is 0 Å². The molecule has 1 saturated carbocycles. The minimum atomic E-state index is -0.844. The van der Waals surface area contributed by atoms with E-state index in [0.717, 1.165) is 31.2 Å². The number of carbonyl (C=O) groups is 1. The zero-order valence-electron chi connectivity index (χ0n) is 14.8. The Kier molecular flexibility index (Phi) is 4.76. The van der Waals surface area contributed by atoms with Crippen LogP contribution in [0.3, 0.4) is 0 Å². The molecule has 2 aromatic rings. The molecule has 26 heavy (non-hydrogen) atoms. The van der Waals surface area contributed by atoms with Gasteiger partial charge in [-0.2, -0.15) is 0 Å². The van der Waals surface area contributed by atoms with Crippen molar-refractivity contribution in [3.63, 3.8) is 0 Å². The maximum absolute atomic E-state index is 13.1. The molecular weight excluding hydrogens is 346 g/mol. The number of benzene rings is 2. The first-order chi connectivity index (χ1) is 12.6. The van der Waals surface area contributed by atoms with Crippen molar-refractivity contribution in [3.05, 3.63) is 70.7 Å². The average molecular weight is 370 g/mol. The number of carbonyl (C=O) groups excluding carboxylic acids is 1. The zero-order valence-corrected chi connectivity index (χ0v) is 15.5. The number of rotatable bonds is 2. The lowest BCUT2D eigenvalue weighted by molar-refractivity contribution is -0.110. The van der Waals surface area contributed by atoms with E-state index < -0.39 is 5.60 Å². The second-order valence-electron chi connectivity index (χ2n) is 7.50. The minimum absolute atomic E-state index is 0.0497. The molecule has 0 bridgehead atoms. The van der Waals surface area contributed by atoms with Crippen LogP contribution < -0.4 is 0 Å². The molecule has 3 nitrogen and oxygen atoms in total. The molecule has 2 aromatic carbocycles. The van der Waals surface area contributed by atoms with Gasteiger partial charge < -0.3 is 10.0 Å². The summed E-state index contributed by atoms with van der Waals surface area (Å²) >= 11 is 5.96. The predicted molar refractivity (Wildman–Crippen MR) is 103 cm³/mol. The first-order valence-electron chi connectivity index (χ1n) is 9.44. The molecule has 1 aliphatic carbocycles. The summed E-state index contributed by atoms with van der Waals surface area (Å²) in [6, 6.07) is 17.2. The number of nitrogens with zero attached hydrogens (tertiary/aromatic N) is 1. The van der Waals surface area contributed by atoms with Crippen LogP contribution in [0.2, 0.25) is 5.02 Å². The van der Waals surface area contributed by atoms with Crippen LogP contribution in [0.4, 0.5) is 0 Å². The number of amides is 1. The first-order valence-corrected chi connectivity index (χ1v) is 9.82. The summed E-state index contributed by atoms with van der Waals surface area (Å²) in [6.45, 7) is 0.577. The molecule has 2 aliphatic rings. The summed E-state index contributed by atoms with van der Waals surface area (Å²) in [5.41, 5.74) is 0.808. The molecule has 1 unspecified atom stereocenters. The number of fused-ring (bicyclic) bond motifs is 1. The molecule has 2 fully saturated rings. The number of hydrogen-bond donors (Lipinski definition) is 1. The van der Waals surface area contributed by atoms with Crippen LogP contribution in [0.1, 0.15) is 48.0 Å². The molecule has 1 aliphatic heterocycles. The lowest BCUT2D eigenvalue weighted by Crippen LogP contribution is -2.58. The van der Waals surface area contributed by atoms with Gasteiger partial charge in [0, 0.05) is 29.1 Å². The van der Waals surface area contributed by atoms with Crippen molar-refractivity contribution >= 4 is 17.5 Å². The molecule has 3 atom stereocenters. The smallest absolute Gasteiger partial charge is 0.254 e.